The molecule has 2 N–H and O–H groups in total. The van der Waals surface area contributed by atoms with Gasteiger partial charge >= 0.3 is 5.97 Å². The number of hydrogen-bond donors (Lipinski definition) is 2. The van der Waals surface area contributed by atoms with Gasteiger partial charge in [0, 0.05) is 0 Å². The zero-order chi connectivity index (χ0) is 14.9. The van der Waals surface area contributed by atoms with Gasteiger partial charge in [-0.3, -0.25) is 4.79 Å². The van der Waals surface area contributed by atoms with Crippen LogP contribution >= 0.6 is 34.5 Å². The molecule has 4 nitrogen and oxygen atoms in total. The average molecular weight is 330 g/mol. The molecule has 2 rings (SSSR count). The third-order valence-electron chi connectivity index (χ3n) is 2.59. The van der Waals surface area contributed by atoms with Crippen molar-refractivity contribution in [2.45, 2.75) is 6.92 Å². The van der Waals surface area contributed by atoms with E-state index in [9.17, 15) is 9.59 Å². The minimum Gasteiger partial charge on any atom is -0.478 e. The fourth-order valence-corrected chi connectivity index (χ4v) is 2.98. The molecule has 0 atom stereocenters. The minimum atomic E-state index is -1.17. The van der Waals surface area contributed by atoms with Gasteiger partial charge in [0.05, 0.1) is 21.3 Å². The highest BCUT2D eigenvalue weighted by Gasteiger charge is 2.19. The van der Waals surface area contributed by atoms with Crippen LogP contribution < -0.4 is 5.32 Å². The molecule has 0 saturated carbocycles. The van der Waals surface area contributed by atoms with Crippen LogP contribution in [-0.2, 0) is 0 Å². The summed E-state index contributed by atoms with van der Waals surface area (Å²) in [6.45, 7) is 1.79. The molecule has 0 bridgehead atoms. The number of carboxylic acid groups (broad SMARTS) is 1. The van der Waals surface area contributed by atoms with E-state index in [1.54, 1.807) is 12.3 Å². The third-order valence-corrected chi connectivity index (χ3v) is 4.60. The van der Waals surface area contributed by atoms with Gasteiger partial charge in [-0.25, -0.2) is 4.79 Å². The van der Waals surface area contributed by atoms with E-state index in [-0.39, 0.29) is 16.3 Å². The molecule has 1 aromatic heterocycles. The number of rotatable bonds is 3. The summed E-state index contributed by atoms with van der Waals surface area (Å²) in [5, 5.41) is 13.9. The summed E-state index contributed by atoms with van der Waals surface area (Å²) in [4.78, 5) is 23.6. The Morgan fingerprint density at radius 2 is 2.00 bits per heavy atom. The normalized spacial score (nSPS) is 10.3. The largest absolute Gasteiger partial charge is 0.478 e. The molecule has 0 radical (unpaired) electrons. The number of benzene rings is 1. The summed E-state index contributed by atoms with van der Waals surface area (Å²) in [6.07, 6.45) is 0. The summed E-state index contributed by atoms with van der Waals surface area (Å²) in [6, 6.07) is 4.37. The molecule has 0 aliphatic heterocycles. The van der Waals surface area contributed by atoms with Crippen LogP contribution in [0.3, 0.4) is 0 Å². The number of aromatic carboxylic acids is 1. The SMILES string of the molecule is Cc1csc(C(=O)Nc2c(Cl)cccc2C(=O)O)c1Cl. The van der Waals surface area contributed by atoms with Crippen molar-refractivity contribution in [2.24, 2.45) is 0 Å². The number of aryl methyl sites for hydroxylation is 1. The zero-order valence-corrected chi connectivity index (χ0v) is 12.6. The zero-order valence-electron chi connectivity index (χ0n) is 10.2. The first-order valence-electron chi connectivity index (χ1n) is 5.48. The van der Waals surface area contributed by atoms with E-state index in [0.29, 0.717) is 9.90 Å². The molecule has 7 heteroatoms. The summed E-state index contributed by atoms with van der Waals surface area (Å²) in [5.74, 6) is -1.65. The maximum atomic E-state index is 12.1. The lowest BCUT2D eigenvalue weighted by atomic mass is 10.1. The molecule has 0 aliphatic carbocycles. The lowest BCUT2D eigenvalue weighted by Crippen LogP contribution is -2.14. The lowest BCUT2D eigenvalue weighted by Gasteiger charge is -2.09. The minimum absolute atomic E-state index is 0.0637. The van der Waals surface area contributed by atoms with E-state index >= 15 is 0 Å². The Morgan fingerprint density at radius 3 is 2.55 bits per heavy atom. The number of amides is 1. The fraction of sp³-hybridized carbons (Fsp3) is 0.0769. The third kappa shape index (κ3) is 2.80. The van der Waals surface area contributed by atoms with Gasteiger partial charge < -0.3 is 10.4 Å². The number of hydrogen-bond acceptors (Lipinski definition) is 3. The molecule has 2 aromatic rings. The Bertz CT molecular complexity index is 697. The number of carboxylic acids is 1. The molecule has 20 heavy (non-hydrogen) atoms. The average Bonchev–Trinajstić information content (AvgIpc) is 2.72. The monoisotopic (exact) mass is 329 g/mol. The number of anilines is 1. The second-order valence-electron chi connectivity index (χ2n) is 3.98. The summed E-state index contributed by atoms with van der Waals surface area (Å²) >= 11 is 13.1. The van der Waals surface area contributed by atoms with Crippen LogP contribution in [0, 0.1) is 6.92 Å². The molecular formula is C13H9Cl2NO3S. The number of carbonyl (C=O) groups is 2. The quantitative estimate of drug-likeness (QED) is 0.881. The number of nitrogens with one attached hydrogen (secondary N) is 1. The molecule has 0 fully saturated rings. The van der Waals surface area contributed by atoms with Crippen LogP contribution in [-0.4, -0.2) is 17.0 Å². The summed E-state index contributed by atoms with van der Waals surface area (Å²) in [7, 11) is 0. The summed E-state index contributed by atoms with van der Waals surface area (Å²) in [5.41, 5.74) is 0.781. The Kier molecular flexibility index (Phi) is 4.32. The molecule has 0 aliphatic rings. The van der Waals surface area contributed by atoms with Crippen LogP contribution in [0.2, 0.25) is 10.0 Å². The highest BCUT2D eigenvalue weighted by Crippen LogP contribution is 2.30. The Hall–Kier alpha value is -1.56. The van der Waals surface area contributed by atoms with Gasteiger partial charge in [-0.05, 0) is 30.0 Å². The van der Waals surface area contributed by atoms with Gasteiger partial charge in [0.1, 0.15) is 4.88 Å². The molecule has 0 saturated heterocycles. The number of para-hydroxylation sites is 1. The van der Waals surface area contributed by atoms with Crippen LogP contribution in [0.1, 0.15) is 25.6 Å². The van der Waals surface area contributed by atoms with Crippen molar-refractivity contribution in [3.05, 3.63) is 49.6 Å². The Balaban J connectivity index is 2.38. The van der Waals surface area contributed by atoms with Crippen LogP contribution in [0.15, 0.2) is 23.6 Å². The Labute approximate surface area is 128 Å². The van der Waals surface area contributed by atoms with Crippen LogP contribution in [0.25, 0.3) is 0 Å². The van der Waals surface area contributed by atoms with Gasteiger partial charge in [0.15, 0.2) is 0 Å². The van der Waals surface area contributed by atoms with E-state index in [1.165, 1.54) is 29.5 Å². The lowest BCUT2D eigenvalue weighted by molar-refractivity contribution is 0.0698. The first-order valence-corrected chi connectivity index (χ1v) is 7.12. The summed E-state index contributed by atoms with van der Waals surface area (Å²) < 4.78 is 0. The van der Waals surface area contributed by atoms with Crippen molar-refractivity contribution in [3.8, 4) is 0 Å². The van der Waals surface area contributed by atoms with Gasteiger partial charge in [-0.15, -0.1) is 11.3 Å². The van der Waals surface area contributed by atoms with Gasteiger partial charge in [-0.1, -0.05) is 29.3 Å². The molecule has 104 valence electrons. The van der Waals surface area contributed by atoms with E-state index in [4.69, 9.17) is 28.3 Å². The standard InChI is InChI=1S/C13H9Cl2NO3S/c1-6-5-20-11(9(6)15)12(17)16-10-7(13(18)19)3-2-4-8(10)14/h2-5H,1H3,(H,16,17)(H,18,19). The number of thiophene rings is 1. The predicted molar refractivity (Wildman–Crippen MR) is 80.4 cm³/mol. The van der Waals surface area contributed by atoms with Gasteiger partial charge in [0.2, 0.25) is 0 Å². The number of halogens is 2. The fourth-order valence-electron chi connectivity index (χ4n) is 1.58. The second-order valence-corrected chi connectivity index (χ2v) is 5.65. The maximum absolute atomic E-state index is 12.1. The van der Waals surface area contributed by atoms with E-state index < -0.39 is 11.9 Å². The maximum Gasteiger partial charge on any atom is 0.337 e. The Morgan fingerprint density at radius 1 is 1.30 bits per heavy atom. The van der Waals surface area contributed by atoms with Crippen LogP contribution in [0.5, 0.6) is 0 Å². The molecule has 1 heterocycles. The molecule has 0 unspecified atom stereocenters. The molecule has 1 aromatic carbocycles. The van der Waals surface area contributed by atoms with Crippen molar-refractivity contribution < 1.29 is 14.7 Å². The van der Waals surface area contributed by atoms with Crippen molar-refractivity contribution in [1.29, 1.82) is 0 Å². The topological polar surface area (TPSA) is 66.4 Å². The molecular weight excluding hydrogens is 321 g/mol. The molecule has 1 amide bonds. The second kappa shape index (κ2) is 5.83. The highest BCUT2D eigenvalue weighted by molar-refractivity contribution is 7.13. The first-order chi connectivity index (χ1) is 9.41. The van der Waals surface area contributed by atoms with Crippen LogP contribution in [0.4, 0.5) is 5.69 Å². The van der Waals surface area contributed by atoms with Crippen molar-refractivity contribution in [3.63, 3.8) is 0 Å². The smallest absolute Gasteiger partial charge is 0.337 e. The van der Waals surface area contributed by atoms with Crippen molar-refractivity contribution >= 4 is 52.1 Å². The van der Waals surface area contributed by atoms with E-state index in [0.717, 1.165) is 5.56 Å². The van der Waals surface area contributed by atoms with Gasteiger partial charge in [-0.2, -0.15) is 0 Å². The van der Waals surface area contributed by atoms with E-state index in [1.807, 2.05) is 0 Å². The van der Waals surface area contributed by atoms with Gasteiger partial charge in [0.25, 0.3) is 5.91 Å². The number of carbonyl (C=O) groups excluding carboxylic acids is 1. The highest BCUT2D eigenvalue weighted by atomic mass is 35.5. The molecule has 0 spiro atoms. The van der Waals surface area contributed by atoms with Crippen molar-refractivity contribution in [2.75, 3.05) is 5.32 Å². The van der Waals surface area contributed by atoms with Crippen molar-refractivity contribution in [1.82, 2.24) is 0 Å². The van der Waals surface area contributed by atoms with E-state index in [2.05, 4.69) is 5.32 Å². The predicted octanol–water partition coefficient (Wildman–Crippen LogP) is 4.31. The first kappa shape index (κ1) is 14.8.